The molecule has 0 rings (SSSR count). The minimum absolute atomic E-state index is 0.162. The summed E-state index contributed by atoms with van der Waals surface area (Å²) in [7, 11) is 0. The van der Waals surface area contributed by atoms with Crippen LogP contribution < -0.4 is 0 Å². The lowest BCUT2D eigenvalue weighted by Gasteiger charge is -2.15. The first kappa shape index (κ1) is 38.8. The molecule has 0 unspecified atom stereocenters. The van der Waals surface area contributed by atoms with Crippen molar-refractivity contribution in [3.8, 4) is 0 Å². The van der Waals surface area contributed by atoms with Gasteiger partial charge in [0.2, 0.25) is 0 Å². The van der Waals surface area contributed by atoms with Crippen molar-refractivity contribution in [1.29, 1.82) is 0 Å². The maximum Gasteiger partial charge on any atom is 0.303 e. The fraction of sp³-hybridized carbons (Fsp3) is 0.917. The van der Waals surface area contributed by atoms with Crippen LogP contribution in [-0.2, 0) is 14.4 Å². The van der Waals surface area contributed by atoms with Crippen LogP contribution in [0.3, 0.4) is 0 Å². The molecule has 0 aliphatic carbocycles. The van der Waals surface area contributed by atoms with Crippen LogP contribution in [-0.4, -0.2) is 22.6 Å². The molecule has 0 aromatic carbocycles. The van der Waals surface area contributed by atoms with Gasteiger partial charge in [-0.05, 0) is 25.7 Å². The highest BCUT2D eigenvalue weighted by molar-refractivity contribution is 6.02. The van der Waals surface area contributed by atoms with Gasteiger partial charge in [-0.25, -0.2) is 0 Å². The van der Waals surface area contributed by atoms with E-state index in [9.17, 15) is 14.4 Å². The number of rotatable bonds is 33. The standard InChI is InChI=1S/C36H68O4/c1-3-5-7-9-11-13-15-17-19-21-26-30-34(37)33(29-25-23-24-28-32-36(39)40)35(38)31-27-22-20-18-16-14-12-10-8-6-4-2/h33H,3-32H2,1-2H3,(H,39,40). The molecule has 0 saturated carbocycles. The van der Waals surface area contributed by atoms with Gasteiger partial charge in [-0.1, -0.05) is 162 Å². The van der Waals surface area contributed by atoms with E-state index in [4.69, 9.17) is 5.11 Å². The van der Waals surface area contributed by atoms with Gasteiger partial charge < -0.3 is 5.11 Å². The minimum atomic E-state index is -0.748. The van der Waals surface area contributed by atoms with E-state index in [1.165, 1.54) is 116 Å². The quantitative estimate of drug-likeness (QED) is 0.0635. The molecule has 0 aliphatic rings. The van der Waals surface area contributed by atoms with Gasteiger partial charge in [0.25, 0.3) is 0 Å². The molecule has 236 valence electrons. The number of aliphatic carboxylic acids is 1. The van der Waals surface area contributed by atoms with Crippen molar-refractivity contribution < 1.29 is 19.5 Å². The first-order chi connectivity index (χ1) is 19.5. The summed E-state index contributed by atoms with van der Waals surface area (Å²) in [5.74, 6) is -0.850. The summed E-state index contributed by atoms with van der Waals surface area (Å²) in [5, 5.41) is 8.82. The van der Waals surface area contributed by atoms with Gasteiger partial charge in [-0.2, -0.15) is 0 Å². The van der Waals surface area contributed by atoms with Gasteiger partial charge in [-0.15, -0.1) is 0 Å². The number of carboxylic acid groups (broad SMARTS) is 1. The summed E-state index contributed by atoms with van der Waals surface area (Å²) in [6.45, 7) is 4.51. The second kappa shape index (κ2) is 30.8. The van der Waals surface area contributed by atoms with E-state index in [1.807, 2.05) is 0 Å². The molecule has 0 saturated heterocycles. The number of carbonyl (C=O) groups is 3. The van der Waals surface area contributed by atoms with Crippen molar-refractivity contribution in [2.24, 2.45) is 5.92 Å². The van der Waals surface area contributed by atoms with E-state index in [2.05, 4.69) is 13.8 Å². The van der Waals surface area contributed by atoms with Crippen LogP contribution in [0.2, 0.25) is 0 Å². The van der Waals surface area contributed by atoms with Crippen LogP contribution in [0.15, 0.2) is 0 Å². The molecule has 0 fully saturated rings. The molecular formula is C36H68O4. The van der Waals surface area contributed by atoms with Crippen molar-refractivity contribution >= 4 is 17.5 Å². The number of hydrogen-bond donors (Lipinski definition) is 1. The molecule has 0 amide bonds. The second-order valence-electron chi connectivity index (χ2n) is 12.4. The SMILES string of the molecule is CCCCCCCCCCCCCC(=O)C(CCCCCCC(=O)O)C(=O)CCCCCCCCCCCCC. The summed E-state index contributed by atoms with van der Waals surface area (Å²) < 4.78 is 0. The van der Waals surface area contributed by atoms with E-state index in [0.29, 0.717) is 25.7 Å². The van der Waals surface area contributed by atoms with Crippen molar-refractivity contribution in [1.82, 2.24) is 0 Å². The first-order valence-electron chi connectivity index (χ1n) is 17.8. The van der Waals surface area contributed by atoms with Crippen LogP contribution in [0.25, 0.3) is 0 Å². The Morgan fingerprint density at radius 2 is 0.675 bits per heavy atom. The minimum Gasteiger partial charge on any atom is -0.481 e. The Kier molecular flexibility index (Phi) is 29.8. The molecule has 4 nitrogen and oxygen atoms in total. The molecule has 0 bridgehead atoms. The number of carbonyl (C=O) groups excluding carboxylic acids is 2. The van der Waals surface area contributed by atoms with Crippen LogP contribution in [0.1, 0.15) is 206 Å². The molecule has 0 aromatic heterocycles. The lowest BCUT2D eigenvalue weighted by atomic mass is 9.87. The van der Waals surface area contributed by atoms with Crippen LogP contribution in [0, 0.1) is 5.92 Å². The fourth-order valence-corrected chi connectivity index (χ4v) is 5.76. The molecule has 0 aromatic rings. The summed E-state index contributed by atoms with van der Waals surface area (Å²) in [4.78, 5) is 36.8. The number of ketones is 2. The maximum atomic E-state index is 13.1. The molecule has 0 atom stereocenters. The third kappa shape index (κ3) is 27.0. The predicted molar refractivity (Wildman–Crippen MR) is 171 cm³/mol. The van der Waals surface area contributed by atoms with E-state index in [0.717, 1.165) is 44.9 Å². The largest absolute Gasteiger partial charge is 0.481 e. The maximum absolute atomic E-state index is 13.1. The summed E-state index contributed by atoms with van der Waals surface area (Å²) >= 11 is 0. The predicted octanol–water partition coefficient (Wildman–Crippen LogP) is 11.6. The van der Waals surface area contributed by atoms with Gasteiger partial charge in [0, 0.05) is 19.3 Å². The van der Waals surface area contributed by atoms with Crippen LogP contribution in [0.4, 0.5) is 0 Å². The number of unbranched alkanes of at least 4 members (excludes halogenated alkanes) is 23. The zero-order valence-corrected chi connectivity index (χ0v) is 27.0. The molecule has 40 heavy (non-hydrogen) atoms. The number of carboxylic acids is 1. The highest BCUT2D eigenvalue weighted by Gasteiger charge is 2.24. The summed E-state index contributed by atoms with van der Waals surface area (Å²) in [5.41, 5.74) is 0. The summed E-state index contributed by atoms with van der Waals surface area (Å²) in [6, 6.07) is 0. The Bertz CT molecular complexity index is 547. The molecule has 1 N–H and O–H groups in total. The third-order valence-corrected chi connectivity index (χ3v) is 8.46. The van der Waals surface area contributed by atoms with Gasteiger partial charge >= 0.3 is 5.97 Å². The van der Waals surface area contributed by atoms with Gasteiger partial charge in [0.1, 0.15) is 11.6 Å². The van der Waals surface area contributed by atoms with Crippen molar-refractivity contribution in [3.63, 3.8) is 0 Å². The highest BCUT2D eigenvalue weighted by atomic mass is 16.4. The van der Waals surface area contributed by atoms with Crippen molar-refractivity contribution in [2.45, 2.75) is 206 Å². The van der Waals surface area contributed by atoms with E-state index < -0.39 is 11.9 Å². The van der Waals surface area contributed by atoms with Crippen LogP contribution >= 0.6 is 0 Å². The molecule has 0 aliphatic heterocycles. The fourth-order valence-electron chi connectivity index (χ4n) is 5.76. The van der Waals surface area contributed by atoms with Crippen LogP contribution in [0.5, 0.6) is 0 Å². The van der Waals surface area contributed by atoms with Crippen molar-refractivity contribution in [2.75, 3.05) is 0 Å². The highest BCUT2D eigenvalue weighted by Crippen LogP contribution is 2.21. The van der Waals surface area contributed by atoms with Gasteiger partial charge in [0.05, 0.1) is 5.92 Å². The lowest BCUT2D eigenvalue weighted by Crippen LogP contribution is -2.24. The van der Waals surface area contributed by atoms with Gasteiger partial charge in [0.15, 0.2) is 0 Å². The van der Waals surface area contributed by atoms with E-state index >= 15 is 0 Å². The van der Waals surface area contributed by atoms with Gasteiger partial charge in [-0.3, -0.25) is 14.4 Å². The molecular weight excluding hydrogens is 496 g/mol. The monoisotopic (exact) mass is 565 g/mol. The smallest absolute Gasteiger partial charge is 0.303 e. The Labute approximate surface area is 249 Å². The molecule has 4 heteroatoms. The average molecular weight is 565 g/mol. The average Bonchev–Trinajstić information content (AvgIpc) is 2.93. The number of hydrogen-bond acceptors (Lipinski definition) is 3. The normalized spacial score (nSPS) is 11.4. The summed E-state index contributed by atoms with van der Waals surface area (Å²) in [6.07, 6.45) is 33.0. The topological polar surface area (TPSA) is 71.4 Å². The Hall–Kier alpha value is -1.19. The molecule has 0 radical (unpaired) electrons. The zero-order chi connectivity index (χ0) is 29.5. The Balaban J connectivity index is 4.19. The van der Waals surface area contributed by atoms with E-state index in [-0.39, 0.29) is 18.0 Å². The molecule has 0 heterocycles. The number of Topliss-reactive ketones (excluding diaryl/α,β-unsaturated/α-hetero) is 2. The van der Waals surface area contributed by atoms with E-state index in [1.54, 1.807) is 0 Å². The first-order valence-corrected chi connectivity index (χ1v) is 17.8. The van der Waals surface area contributed by atoms with Crippen molar-refractivity contribution in [3.05, 3.63) is 0 Å². The lowest BCUT2D eigenvalue weighted by molar-refractivity contribution is -0.137. The Morgan fingerprint density at radius 1 is 0.400 bits per heavy atom. The second-order valence-corrected chi connectivity index (χ2v) is 12.4. The third-order valence-electron chi connectivity index (χ3n) is 8.46. The molecule has 0 spiro atoms. The zero-order valence-electron chi connectivity index (χ0n) is 27.0. The Morgan fingerprint density at radius 3 is 1.00 bits per heavy atom.